The van der Waals surface area contributed by atoms with Gasteiger partial charge >= 0.3 is 5.97 Å². The Balaban J connectivity index is 1.26. The van der Waals surface area contributed by atoms with Crippen molar-refractivity contribution in [2.75, 3.05) is 26.7 Å². The van der Waals surface area contributed by atoms with E-state index in [0.717, 1.165) is 51.1 Å². The predicted molar refractivity (Wildman–Crippen MR) is 136 cm³/mol. The Morgan fingerprint density at radius 1 is 1.25 bits per heavy atom. The number of hydrogen-bond acceptors (Lipinski definition) is 7. The first-order chi connectivity index (χ1) is 17.2. The molecular formula is C29H42N2O5. The standard InChI is InChI=1S/C29H42N2O5/c1-27(2,3)36-23(33)6-5-14-30-20-11-12-29(34-4)22-16-19-9-10-21(32)25-24(19)28(29,26(20)35-25)13-15-31(22)17-18-7-8-18/h9-10,18,20,22,26,30,32H,5-8,11-17H2,1-4H3/t20-,22?,26+,28?,29-/m1/s1. The van der Waals surface area contributed by atoms with E-state index in [1.807, 2.05) is 33.9 Å². The van der Waals surface area contributed by atoms with Gasteiger partial charge in [-0.25, -0.2) is 0 Å². The summed E-state index contributed by atoms with van der Waals surface area (Å²) < 4.78 is 18.8. The molecule has 198 valence electrons. The summed E-state index contributed by atoms with van der Waals surface area (Å²) in [5.74, 6) is 1.60. The average Bonchev–Trinajstić information content (AvgIpc) is 3.56. The molecule has 7 nitrogen and oxygen atoms in total. The topological polar surface area (TPSA) is 80.3 Å². The van der Waals surface area contributed by atoms with Crippen molar-refractivity contribution >= 4 is 5.97 Å². The van der Waals surface area contributed by atoms with Crippen molar-refractivity contribution in [3.05, 3.63) is 23.3 Å². The molecule has 2 heterocycles. The van der Waals surface area contributed by atoms with Gasteiger partial charge < -0.3 is 24.6 Å². The van der Waals surface area contributed by atoms with E-state index in [9.17, 15) is 9.90 Å². The van der Waals surface area contributed by atoms with Gasteiger partial charge in [0.25, 0.3) is 0 Å². The lowest BCUT2D eigenvalue weighted by atomic mass is 9.48. The minimum absolute atomic E-state index is 0.0966. The van der Waals surface area contributed by atoms with E-state index in [1.54, 1.807) is 0 Å². The molecule has 2 saturated carbocycles. The van der Waals surface area contributed by atoms with E-state index in [4.69, 9.17) is 14.2 Å². The molecular weight excluding hydrogens is 456 g/mol. The number of likely N-dealkylation sites (tertiary alicyclic amines) is 1. The van der Waals surface area contributed by atoms with Crippen molar-refractivity contribution in [1.82, 2.24) is 10.2 Å². The maximum atomic E-state index is 12.2. The number of carbonyl (C=O) groups is 1. The predicted octanol–water partition coefficient (Wildman–Crippen LogP) is 3.69. The zero-order valence-corrected chi connectivity index (χ0v) is 22.3. The molecule has 0 amide bonds. The van der Waals surface area contributed by atoms with Crippen molar-refractivity contribution in [2.45, 2.75) is 107 Å². The van der Waals surface area contributed by atoms with Crippen LogP contribution in [0.5, 0.6) is 11.5 Å². The van der Waals surface area contributed by atoms with Crippen LogP contribution in [0.3, 0.4) is 0 Å². The molecule has 5 atom stereocenters. The zero-order valence-electron chi connectivity index (χ0n) is 22.3. The van der Waals surface area contributed by atoms with Crippen molar-refractivity contribution in [1.29, 1.82) is 0 Å². The lowest BCUT2D eigenvalue weighted by Gasteiger charge is -2.65. The second-order valence-corrected chi connectivity index (χ2v) is 12.7. The highest BCUT2D eigenvalue weighted by molar-refractivity contribution is 5.69. The average molecular weight is 499 g/mol. The fourth-order valence-corrected chi connectivity index (χ4v) is 7.99. The molecule has 2 aliphatic heterocycles. The number of methoxy groups -OCH3 is 1. The summed E-state index contributed by atoms with van der Waals surface area (Å²) in [6.45, 7) is 8.65. The van der Waals surface area contributed by atoms with Crippen LogP contribution in [-0.4, -0.2) is 72.1 Å². The Morgan fingerprint density at radius 3 is 2.78 bits per heavy atom. The van der Waals surface area contributed by atoms with Crippen LogP contribution in [-0.2, 0) is 26.1 Å². The van der Waals surface area contributed by atoms with Gasteiger partial charge in [-0.1, -0.05) is 6.07 Å². The number of aromatic hydroxyl groups is 1. The van der Waals surface area contributed by atoms with Crippen LogP contribution in [0.15, 0.2) is 12.1 Å². The van der Waals surface area contributed by atoms with Crippen molar-refractivity contribution < 1.29 is 24.1 Å². The van der Waals surface area contributed by atoms with Crippen molar-refractivity contribution in [2.24, 2.45) is 5.92 Å². The Hall–Kier alpha value is -1.83. The summed E-state index contributed by atoms with van der Waals surface area (Å²) in [6, 6.07) is 4.40. The van der Waals surface area contributed by atoms with Crippen molar-refractivity contribution in [3.8, 4) is 11.5 Å². The van der Waals surface area contributed by atoms with Gasteiger partial charge in [-0.05, 0) is 96.4 Å². The maximum Gasteiger partial charge on any atom is 0.306 e. The van der Waals surface area contributed by atoms with Crippen LogP contribution in [0.4, 0.5) is 0 Å². The number of phenols is 1. The number of hydrogen-bond donors (Lipinski definition) is 2. The van der Waals surface area contributed by atoms with E-state index >= 15 is 0 Å². The molecule has 0 radical (unpaired) electrons. The molecule has 2 bridgehead atoms. The van der Waals surface area contributed by atoms with Gasteiger partial charge in [0.2, 0.25) is 0 Å². The van der Waals surface area contributed by atoms with E-state index in [0.29, 0.717) is 18.2 Å². The second kappa shape index (κ2) is 8.60. The lowest BCUT2D eigenvalue weighted by molar-refractivity contribution is -0.207. The van der Waals surface area contributed by atoms with Gasteiger partial charge in [0, 0.05) is 37.7 Å². The van der Waals surface area contributed by atoms with Crippen LogP contribution in [0.25, 0.3) is 0 Å². The number of esters is 1. The number of benzene rings is 1. The van der Waals surface area contributed by atoms with Crippen LogP contribution in [0.1, 0.15) is 76.8 Å². The third kappa shape index (κ3) is 3.68. The number of phenolic OH excluding ortho intramolecular Hbond substituents is 1. The molecule has 6 rings (SSSR count). The minimum atomic E-state index is -0.453. The number of ether oxygens (including phenoxy) is 3. The lowest BCUT2D eigenvalue weighted by Crippen LogP contribution is -2.78. The van der Waals surface area contributed by atoms with Crippen LogP contribution in [0.2, 0.25) is 0 Å². The highest BCUT2D eigenvalue weighted by Crippen LogP contribution is 2.66. The van der Waals surface area contributed by atoms with Gasteiger partial charge in [0.15, 0.2) is 11.5 Å². The summed E-state index contributed by atoms with van der Waals surface area (Å²) in [4.78, 5) is 14.9. The summed E-state index contributed by atoms with van der Waals surface area (Å²) in [5.41, 5.74) is 1.48. The molecule has 2 unspecified atom stereocenters. The van der Waals surface area contributed by atoms with Crippen LogP contribution >= 0.6 is 0 Å². The molecule has 36 heavy (non-hydrogen) atoms. The van der Waals surface area contributed by atoms with E-state index < -0.39 is 5.60 Å². The first-order valence-electron chi connectivity index (χ1n) is 13.9. The van der Waals surface area contributed by atoms with E-state index in [-0.39, 0.29) is 34.9 Å². The second-order valence-electron chi connectivity index (χ2n) is 12.7. The highest BCUT2D eigenvalue weighted by Gasteiger charge is 2.73. The molecule has 1 spiro atoms. The molecule has 3 aliphatic carbocycles. The molecule has 1 aromatic carbocycles. The Morgan fingerprint density at radius 2 is 2.06 bits per heavy atom. The van der Waals surface area contributed by atoms with E-state index in [2.05, 4.69) is 16.3 Å². The highest BCUT2D eigenvalue weighted by atomic mass is 16.6. The largest absolute Gasteiger partial charge is 0.504 e. The third-order valence-electron chi connectivity index (χ3n) is 9.47. The summed E-state index contributed by atoms with van der Waals surface area (Å²) in [6.07, 6.45) is 7.58. The number of nitrogens with one attached hydrogen (secondary N) is 1. The number of nitrogens with zero attached hydrogens (tertiary/aromatic N) is 1. The summed E-state index contributed by atoms with van der Waals surface area (Å²) in [7, 11) is 1.90. The fourth-order valence-electron chi connectivity index (χ4n) is 7.99. The Labute approximate surface area is 214 Å². The SMILES string of the molecule is CO[C@@]12CC[C@@H](NCCCC(=O)OC(C)(C)C)[C@@H]3Oc4c(O)ccc5c4C31CCN(CC1CC1)C2C5. The molecule has 5 aliphatic rings. The molecule has 2 N–H and O–H groups in total. The first kappa shape index (κ1) is 24.5. The fraction of sp³-hybridized carbons (Fsp3) is 0.759. The number of rotatable bonds is 8. The molecule has 1 aromatic rings. The van der Waals surface area contributed by atoms with Crippen molar-refractivity contribution in [3.63, 3.8) is 0 Å². The smallest absolute Gasteiger partial charge is 0.306 e. The minimum Gasteiger partial charge on any atom is -0.504 e. The van der Waals surface area contributed by atoms with Gasteiger partial charge in [0.05, 0.1) is 11.0 Å². The van der Waals surface area contributed by atoms with Gasteiger partial charge in [-0.3, -0.25) is 9.69 Å². The monoisotopic (exact) mass is 498 g/mol. The summed E-state index contributed by atoms with van der Waals surface area (Å²) in [5, 5.41) is 14.6. The van der Waals surface area contributed by atoms with Gasteiger partial charge in [-0.2, -0.15) is 0 Å². The molecule has 3 fully saturated rings. The molecule has 1 saturated heterocycles. The van der Waals surface area contributed by atoms with Gasteiger partial charge in [-0.15, -0.1) is 0 Å². The summed E-state index contributed by atoms with van der Waals surface area (Å²) >= 11 is 0. The van der Waals surface area contributed by atoms with Crippen LogP contribution in [0, 0.1) is 5.92 Å². The zero-order chi connectivity index (χ0) is 25.3. The quantitative estimate of drug-likeness (QED) is 0.418. The van der Waals surface area contributed by atoms with Gasteiger partial charge in [0.1, 0.15) is 11.7 Å². The third-order valence-corrected chi connectivity index (χ3v) is 9.47. The Bertz CT molecular complexity index is 1030. The molecule has 7 heteroatoms. The number of piperidine rings is 1. The number of carbonyl (C=O) groups excluding carboxylic acids is 1. The normalized spacial score (nSPS) is 34.7. The van der Waals surface area contributed by atoms with E-state index in [1.165, 1.54) is 30.5 Å². The molecule has 0 aromatic heterocycles. The Kier molecular flexibility index (Phi) is 5.86. The first-order valence-corrected chi connectivity index (χ1v) is 13.9. The van der Waals surface area contributed by atoms with Crippen LogP contribution < -0.4 is 10.1 Å². The maximum absolute atomic E-state index is 12.2.